The van der Waals surface area contributed by atoms with Crippen molar-refractivity contribution in [2.45, 2.75) is 0 Å². The molecule has 0 unspecified atom stereocenters. The molecule has 0 heterocycles. The highest BCUT2D eigenvalue weighted by Gasteiger charge is 2.07. The molecule has 1 aromatic carbocycles. The van der Waals surface area contributed by atoms with Crippen LogP contribution >= 0.6 is 46.4 Å². The van der Waals surface area contributed by atoms with Gasteiger partial charge in [-0.1, -0.05) is 46.4 Å². The first-order valence-electron chi connectivity index (χ1n) is 2.98. The molecule has 0 saturated carbocycles. The first-order chi connectivity index (χ1) is 5.65. The van der Waals surface area contributed by atoms with Crippen LogP contribution in [0.2, 0.25) is 15.1 Å². The Hall–Kier alpha value is 0.180. The lowest BCUT2D eigenvalue weighted by Gasteiger charge is -2.05. The molecule has 0 amide bonds. The van der Waals surface area contributed by atoms with Crippen LogP contribution in [-0.4, -0.2) is 6.07 Å². The minimum Gasteiger partial charge on any atom is -0.476 e. The molecule has 0 atom stereocenters. The van der Waals surface area contributed by atoms with E-state index in [0.29, 0.717) is 20.8 Å². The SMILES string of the molecule is ClCOc1cc(Cl)cc(Cl)c1Cl. The van der Waals surface area contributed by atoms with Crippen LogP contribution in [0.5, 0.6) is 5.75 Å². The summed E-state index contributed by atoms with van der Waals surface area (Å²) in [7, 11) is 0. The molecule has 0 aliphatic heterocycles. The van der Waals surface area contributed by atoms with Gasteiger partial charge in [-0.2, -0.15) is 0 Å². The Morgan fingerprint density at radius 3 is 2.42 bits per heavy atom. The molecular formula is C7H4Cl4O. The largest absolute Gasteiger partial charge is 0.476 e. The molecule has 1 nitrogen and oxygen atoms in total. The predicted octanol–water partition coefficient (Wildman–Crippen LogP) is 4.22. The summed E-state index contributed by atoms with van der Waals surface area (Å²) in [6.07, 6.45) is 0. The van der Waals surface area contributed by atoms with Gasteiger partial charge >= 0.3 is 0 Å². The molecule has 0 aromatic heterocycles. The van der Waals surface area contributed by atoms with Crippen molar-refractivity contribution in [2.75, 3.05) is 6.07 Å². The molecule has 66 valence electrons. The molecule has 0 aliphatic carbocycles. The van der Waals surface area contributed by atoms with Gasteiger partial charge in [-0.25, -0.2) is 0 Å². The van der Waals surface area contributed by atoms with Gasteiger partial charge in [-0.15, -0.1) is 0 Å². The molecule has 1 aromatic rings. The van der Waals surface area contributed by atoms with Gasteiger partial charge in [-0.3, -0.25) is 0 Å². The van der Waals surface area contributed by atoms with Gasteiger partial charge in [0, 0.05) is 11.1 Å². The molecule has 5 heteroatoms. The minimum atomic E-state index is 0.0103. The van der Waals surface area contributed by atoms with Gasteiger partial charge < -0.3 is 4.74 Å². The Labute approximate surface area is 90.1 Å². The Kier molecular flexibility index (Phi) is 3.78. The molecule has 1 rings (SSSR count). The van der Waals surface area contributed by atoms with E-state index >= 15 is 0 Å². The molecule has 0 aliphatic rings. The maximum atomic E-state index is 5.77. The summed E-state index contributed by atoms with van der Waals surface area (Å²) in [5.41, 5.74) is 0. The van der Waals surface area contributed by atoms with Crippen LogP contribution in [0.4, 0.5) is 0 Å². The molecule has 0 radical (unpaired) electrons. The second kappa shape index (κ2) is 4.43. The van der Waals surface area contributed by atoms with E-state index in [2.05, 4.69) is 0 Å². The van der Waals surface area contributed by atoms with Crippen molar-refractivity contribution in [1.82, 2.24) is 0 Å². The van der Waals surface area contributed by atoms with E-state index in [1.807, 2.05) is 0 Å². The smallest absolute Gasteiger partial charge is 0.162 e. The van der Waals surface area contributed by atoms with E-state index < -0.39 is 0 Å². The van der Waals surface area contributed by atoms with E-state index in [4.69, 9.17) is 51.1 Å². The highest BCUT2D eigenvalue weighted by Crippen LogP contribution is 2.35. The summed E-state index contributed by atoms with van der Waals surface area (Å²) in [5, 5.41) is 1.13. The first kappa shape index (κ1) is 10.3. The number of halogens is 4. The van der Waals surface area contributed by atoms with Gasteiger partial charge in [0.15, 0.2) is 6.07 Å². The Morgan fingerprint density at radius 2 is 1.83 bits per heavy atom. The molecular weight excluding hydrogens is 242 g/mol. The van der Waals surface area contributed by atoms with Crippen molar-refractivity contribution in [3.63, 3.8) is 0 Å². The number of alkyl halides is 1. The van der Waals surface area contributed by atoms with Crippen LogP contribution in [0.1, 0.15) is 0 Å². The highest BCUT2D eigenvalue weighted by atomic mass is 35.5. The summed E-state index contributed by atoms with van der Waals surface area (Å²) in [4.78, 5) is 0. The summed E-state index contributed by atoms with van der Waals surface area (Å²) in [6.45, 7) is 0. The van der Waals surface area contributed by atoms with Crippen LogP contribution in [0, 0.1) is 0 Å². The van der Waals surface area contributed by atoms with Crippen molar-refractivity contribution in [3.8, 4) is 5.75 Å². The monoisotopic (exact) mass is 244 g/mol. The summed E-state index contributed by atoms with van der Waals surface area (Å²) >= 11 is 22.5. The Morgan fingerprint density at radius 1 is 1.17 bits per heavy atom. The molecule has 0 bridgehead atoms. The summed E-state index contributed by atoms with van der Waals surface area (Å²) in [5.74, 6) is 0.393. The summed E-state index contributed by atoms with van der Waals surface area (Å²) in [6, 6.07) is 3.10. The van der Waals surface area contributed by atoms with Crippen LogP contribution < -0.4 is 4.74 Å². The average Bonchev–Trinajstić information content (AvgIpc) is 2.00. The lowest BCUT2D eigenvalue weighted by molar-refractivity contribution is 0.388. The van der Waals surface area contributed by atoms with Crippen molar-refractivity contribution in [2.24, 2.45) is 0 Å². The maximum Gasteiger partial charge on any atom is 0.162 e. The fraction of sp³-hybridized carbons (Fsp3) is 0.143. The van der Waals surface area contributed by atoms with E-state index in [-0.39, 0.29) is 6.07 Å². The molecule has 0 fully saturated rings. The molecule has 0 spiro atoms. The summed E-state index contributed by atoms with van der Waals surface area (Å²) < 4.78 is 4.96. The predicted molar refractivity (Wildman–Crippen MR) is 52.8 cm³/mol. The normalized spacial score (nSPS) is 10.0. The van der Waals surface area contributed by atoms with Crippen molar-refractivity contribution in [1.29, 1.82) is 0 Å². The maximum absolute atomic E-state index is 5.77. The number of benzene rings is 1. The van der Waals surface area contributed by atoms with E-state index in [0.717, 1.165) is 0 Å². The van der Waals surface area contributed by atoms with E-state index in [1.165, 1.54) is 6.07 Å². The number of hydrogen-bond donors (Lipinski definition) is 0. The van der Waals surface area contributed by atoms with Crippen molar-refractivity contribution in [3.05, 3.63) is 27.2 Å². The lowest BCUT2D eigenvalue weighted by Crippen LogP contribution is -1.90. The van der Waals surface area contributed by atoms with Gasteiger partial charge in [0.05, 0.1) is 5.02 Å². The third kappa shape index (κ3) is 2.33. The quantitative estimate of drug-likeness (QED) is 0.560. The minimum absolute atomic E-state index is 0.0103. The van der Waals surface area contributed by atoms with E-state index in [9.17, 15) is 0 Å². The third-order valence-corrected chi connectivity index (χ3v) is 2.28. The Bertz CT molecular complexity index is 287. The third-order valence-electron chi connectivity index (χ3n) is 1.17. The van der Waals surface area contributed by atoms with Gasteiger partial charge in [0.2, 0.25) is 0 Å². The highest BCUT2D eigenvalue weighted by molar-refractivity contribution is 6.44. The number of ether oxygens (including phenoxy) is 1. The second-order valence-electron chi connectivity index (χ2n) is 1.95. The Balaban J connectivity index is 3.09. The van der Waals surface area contributed by atoms with Gasteiger partial charge in [0.25, 0.3) is 0 Å². The van der Waals surface area contributed by atoms with Crippen LogP contribution in [0.3, 0.4) is 0 Å². The zero-order valence-corrected chi connectivity index (χ0v) is 8.81. The number of hydrogen-bond acceptors (Lipinski definition) is 1. The molecule has 0 saturated heterocycles. The number of rotatable bonds is 2. The topological polar surface area (TPSA) is 9.23 Å². The van der Waals surface area contributed by atoms with Crippen molar-refractivity contribution < 1.29 is 4.74 Å². The van der Waals surface area contributed by atoms with E-state index in [1.54, 1.807) is 6.07 Å². The van der Waals surface area contributed by atoms with Crippen molar-refractivity contribution >= 4 is 46.4 Å². The van der Waals surface area contributed by atoms with Gasteiger partial charge in [-0.05, 0) is 6.07 Å². The van der Waals surface area contributed by atoms with Gasteiger partial charge in [0.1, 0.15) is 10.8 Å². The fourth-order valence-corrected chi connectivity index (χ4v) is 1.45. The zero-order valence-electron chi connectivity index (χ0n) is 5.78. The molecule has 12 heavy (non-hydrogen) atoms. The average molecular weight is 246 g/mol. The first-order valence-corrected chi connectivity index (χ1v) is 4.65. The molecule has 0 N–H and O–H groups in total. The zero-order chi connectivity index (χ0) is 9.14. The van der Waals surface area contributed by atoms with Crippen LogP contribution in [0.15, 0.2) is 12.1 Å². The lowest BCUT2D eigenvalue weighted by atomic mass is 10.3. The fourth-order valence-electron chi connectivity index (χ4n) is 0.696. The van der Waals surface area contributed by atoms with Crippen LogP contribution in [-0.2, 0) is 0 Å². The standard InChI is InChI=1S/C7H4Cl4O/c8-3-12-6-2-4(9)1-5(10)7(6)11/h1-2H,3H2. The van der Waals surface area contributed by atoms with Crippen LogP contribution in [0.25, 0.3) is 0 Å². The second-order valence-corrected chi connectivity index (χ2v) is 3.39.